The SMILES string of the molecule is O=[N+]([O-])c1ccc(C2=CCCCC2)c2nonc12. The van der Waals surface area contributed by atoms with Crippen molar-refractivity contribution in [1.82, 2.24) is 10.3 Å². The summed E-state index contributed by atoms with van der Waals surface area (Å²) < 4.78 is 4.66. The first-order valence-corrected chi connectivity index (χ1v) is 5.86. The van der Waals surface area contributed by atoms with Crippen LogP contribution in [-0.2, 0) is 0 Å². The summed E-state index contributed by atoms with van der Waals surface area (Å²) >= 11 is 0. The molecule has 18 heavy (non-hydrogen) atoms. The molecule has 6 heteroatoms. The molecule has 1 aromatic carbocycles. The molecule has 0 spiro atoms. The Balaban J connectivity index is 2.20. The second kappa shape index (κ2) is 4.21. The molecule has 6 nitrogen and oxygen atoms in total. The summed E-state index contributed by atoms with van der Waals surface area (Å²) in [6.45, 7) is 0. The van der Waals surface area contributed by atoms with Crippen LogP contribution in [0.1, 0.15) is 31.2 Å². The molecule has 3 rings (SSSR count). The lowest BCUT2D eigenvalue weighted by Gasteiger charge is -2.12. The molecule has 1 aliphatic carbocycles. The van der Waals surface area contributed by atoms with Gasteiger partial charge in [-0.1, -0.05) is 6.08 Å². The molecule has 1 aliphatic rings. The third-order valence-electron chi connectivity index (χ3n) is 3.23. The lowest BCUT2D eigenvalue weighted by atomic mass is 9.93. The van der Waals surface area contributed by atoms with Gasteiger partial charge >= 0.3 is 5.69 Å². The Morgan fingerprint density at radius 3 is 2.78 bits per heavy atom. The number of nitrogens with zero attached hydrogens (tertiary/aromatic N) is 3. The summed E-state index contributed by atoms with van der Waals surface area (Å²) in [6.07, 6.45) is 6.50. The second-order valence-electron chi connectivity index (χ2n) is 4.33. The van der Waals surface area contributed by atoms with E-state index < -0.39 is 4.92 Å². The molecule has 0 radical (unpaired) electrons. The summed E-state index contributed by atoms with van der Waals surface area (Å²) in [4.78, 5) is 10.4. The number of aromatic nitrogens is 2. The number of non-ortho nitro benzene ring substituents is 1. The van der Waals surface area contributed by atoms with Crippen molar-refractivity contribution in [1.29, 1.82) is 0 Å². The van der Waals surface area contributed by atoms with Crippen LogP contribution < -0.4 is 0 Å². The van der Waals surface area contributed by atoms with Gasteiger partial charge in [-0.15, -0.1) is 0 Å². The largest absolute Gasteiger partial charge is 0.300 e. The van der Waals surface area contributed by atoms with E-state index in [1.54, 1.807) is 6.07 Å². The van der Waals surface area contributed by atoms with Crippen LogP contribution in [0, 0.1) is 10.1 Å². The van der Waals surface area contributed by atoms with Crippen molar-refractivity contribution in [2.24, 2.45) is 0 Å². The van der Waals surface area contributed by atoms with Crippen molar-refractivity contribution in [3.63, 3.8) is 0 Å². The van der Waals surface area contributed by atoms with Crippen molar-refractivity contribution in [3.8, 4) is 0 Å². The van der Waals surface area contributed by atoms with Crippen LogP contribution in [0.5, 0.6) is 0 Å². The zero-order chi connectivity index (χ0) is 12.5. The predicted molar refractivity (Wildman–Crippen MR) is 64.9 cm³/mol. The maximum absolute atomic E-state index is 10.9. The number of hydrogen-bond acceptors (Lipinski definition) is 5. The number of fused-ring (bicyclic) bond motifs is 1. The minimum Gasteiger partial charge on any atom is -0.258 e. The molecule has 0 fully saturated rings. The van der Waals surface area contributed by atoms with Gasteiger partial charge in [-0.25, -0.2) is 4.63 Å². The van der Waals surface area contributed by atoms with E-state index in [0.29, 0.717) is 5.52 Å². The molecule has 1 heterocycles. The number of benzene rings is 1. The van der Waals surface area contributed by atoms with Crippen molar-refractivity contribution in [2.45, 2.75) is 25.7 Å². The maximum atomic E-state index is 10.9. The minimum absolute atomic E-state index is 0.0635. The van der Waals surface area contributed by atoms with Crippen LogP contribution in [-0.4, -0.2) is 15.2 Å². The molecule has 0 N–H and O–H groups in total. The highest BCUT2D eigenvalue weighted by Gasteiger charge is 2.21. The Morgan fingerprint density at radius 1 is 1.22 bits per heavy atom. The van der Waals surface area contributed by atoms with E-state index in [0.717, 1.165) is 24.8 Å². The summed E-state index contributed by atoms with van der Waals surface area (Å²) in [6, 6.07) is 3.21. The third-order valence-corrected chi connectivity index (χ3v) is 3.23. The van der Waals surface area contributed by atoms with E-state index in [4.69, 9.17) is 0 Å². The standard InChI is InChI=1S/C12H11N3O3/c16-15(17)10-7-6-9(8-4-2-1-3-5-8)11-12(10)14-18-13-11/h4,6-7H,1-3,5H2. The van der Waals surface area contributed by atoms with E-state index in [9.17, 15) is 10.1 Å². The van der Waals surface area contributed by atoms with Gasteiger partial charge in [-0.05, 0) is 47.6 Å². The first-order chi connectivity index (χ1) is 8.77. The molecular formula is C12H11N3O3. The third kappa shape index (κ3) is 1.66. The number of rotatable bonds is 2. The zero-order valence-electron chi connectivity index (χ0n) is 9.63. The highest BCUT2D eigenvalue weighted by atomic mass is 16.6. The van der Waals surface area contributed by atoms with Gasteiger partial charge in [0, 0.05) is 11.6 Å². The molecule has 1 aromatic heterocycles. The Hall–Kier alpha value is -2.24. The fourth-order valence-electron chi connectivity index (χ4n) is 2.34. The normalized spacial score (nSPS) is 15.7. The molecule has 0 saturated carbocycles. The molecule has 0 atom stereocenters. The summed E-state index contributed by atoms with van der Waals surface area (Å²) in [5.41, 5.74) is 2.72. The molecule has 0 aliphatic heterocycles. The highest BCUT2D eigenvalue weighted by molar-refractivity contribution is 5.93. The van der Waals surface area contributed by atoms with Gasteiger partial charge in [0.05, 0.1) is 4.92 Å². The zero-order valence-corrected chi connectivity index (χ0v) is 9.63. The molecule has 92 valence electrons. The van der Waals surface area contributed by atoms with E-state index in [1.807, 2.05) is 0 Å². The van der Waals surface area contributed by atoms with Gasteiger partial charge in [-0.2, -0.15) is 0 Å². The smallest absolute Gasteiger partial charge is 0.258 e. The number of nitro groups is 1. The fourth-order valence-corrected chi connectivity index (χ4v) is 2.34. The first kappa shape index (κ1) is 10.9. The number of hydrogen-bond donors (Lipinski definition) is 0. The van der Waals surface area contributed by atoms with Crippen LogP contribution in [0.4, 0.5) is 5.69 Å². The molecular weight excluding hydrogens is 234 g/mol. The second-order valence-corrected chi connectivity index (χ2v) is 4.33. The summed E-state index contributed by atoms with van der Waals surface area (Å²) in [7, 11) is 0. The van der Waals surface area contributed by atoms with Gasteiger partial charge in [0.25, 0.3) is 0 Å². The van der Waals surface area contributed by atoms with Gasteiger partial charge in [0.15, 0.2) is 0 Å². The van der Waals surface area contributed by atoms with Crippen LogP contribution in [0.2, 0.25) is 0 Å². The quantitative estimate of drug-likeness (QED) is 0.599. The Labute approximate surface area is 102 Å². The van der Waals surface area contributed by atoms with Crippen molar-refractivity contribution < 1.29 is 9.55 Å². The molecule has 2 aromatic rings. The Kier molecular flexibility index (Phi) is 2.55. The van der Waals surface area contributed by atoms with Crippen LogP contribution in [0.15, 0.2) is 22.8 Å². The predicted octanol–water partition coefficient (Wildman–Crippen LogP) is 3.09. The van der Waals surface area contributed by atoms with Crippen molar-refractivity contribution in [2.75, 3.05) is 0 Å². The lowest BCUT2D eigenvalue weighted by Crippen LogP contribution is -1.95. The number of allylic oxidation sites excluding steroid dienone is 2. The van der Waals surface area contributed by atoms with E-state index in [1.165, 1.54) is 18.1 Å². The average Bonchev–Trinajstić information content (AvgIpc) is 2.87. The van der Waals surface area contributed by atoms with E-state index >= 15 is 0 Å². The molecule has 0 bridgehead atoms. The monoisotopic (exact) mass is 245 g/mol. The molecule has 0 amide bonds. The average molecular weight is 245 g/mol. The van der Waals surface area contributed by atoms with Gasteiger partial charge < -0.3 is 0 Å². The van der Waals surface area contributed by atoms with Crippen molar-refractivity contribution >= 4 is 22.3 Å². The first-order valence-electron chi connectivity index (χ1n) is 5.86. The minimum atomic E-state index is -0.467. The van der Waals surface area contributed by atoms with Crippen LogP contribution in [0.25, 0.3) is 16.6 Å². The molecule has 0 saturated heterocycles. The van der Waals surface area contributed by atoms with Gasteiger partial charge in [-0.3, -0.25) is 10.1 Å². The topological polar surface area (TPSA) is 82.1 Å². The number of nitro benzene ring substituents is 1. The lowest BCUT2D eigenvalue weighted by molar-refractivity contribution is -0.383. The van der Waals surface area contributed by atoms with Gasteiger partial charge in [0.1, 0.15) is 5.52 Å². The maximum Gasteiger partial charge on any atom is 0.300 e. The van der Waals surface area contributed by atoms with Crippen LogP contribution >= 0.6 is 0 Å². The van der Waals surface area contributed by atoms with E-state index in [2.05, 4.69) is 21.0 Å². The van der Waals surface area contributed by atoms with E-state index in [-0.39, 0.29) is 11.2 Å². The summed E-state index contributed by atoms with van der Waals surface area (Å²) in [5.74, 6) is 0. The van der Waals surface area contributed by atoms with Gasteiger partial charge in [0.2, 0.25) is 5.52 Å². The fraction of sp³-hybridized carbons (Fsp3) is 0.333. The van der Waals surface area contributed by atoms with Crippen LogP contribution in [0.3, 0.4) is 0 Å². The summed E-state index contributed by atoms with van der Waals surface area (Å²) in [5, 5.41) is 18.3. The Bertz CT molecular complexity index is 645. The van der Waals surface area contributed by atoms with Crippen molar-refractivity contribution in [3.05, 3.63) is 33.9 Å². The highest BCUT2D eigenvalue weighted by Crippen LogP contribution is 2.33. The Morgan fingerprint density at radius 2 is 2.06 bits per heavy atom. The molecule has 0 unspecified atom stereocenters.